The molecule has 2 unspecified atom stereocenters. The molecule has 1 aromatic carbocycles. The van der Waals surface area contributed by atoms with Crippen LogP contribution in [0.3, 0.4) is 0 Å². The lowest BCUT2D eigenvalue weighted by Crippen LogP contribution is -2.62. The maximum absolute atomic E-state index is 13.3. The average molecular weight is 377 g/mol. The molecule has 0 aliphatic carbocycles. The van der Waals surface area contributed by atoms with Crippen molar-refractivity contribution in [1.29, 1.82) is 0 Å². The minimum Gasteiger partial charge on any atom is -0.376 e. The van der Waals surface area contributed by atoms with Gasteiger partial charge in [-0.15, -0.1) is 0 Å². The van der Waals surface area contributed by atoms with Gasteiger partial charge in [0.1, 0.15) is 5.82 Å². The van der Waals surface area contributed by atoms with Gasteiger partial charge in [0, 0.05) is 18.3 Å². The molecule has 0 saturated carbocycles. The van der Waals surface area contributed by atoms with E-state index >= 15 is 0 Å². The monoisotopic (exact) mass is 377 g/mol. The highest BCUT2D eigenvalue weighted by atomic mass is 19.1. The van der Waals surface area contributed by atoms with E-state index in [1.54, 1.807) is 13.0 Å². The van der Waals surface area contributed by atoms with Gasteiger partial charge in [-0.2, -0.15) is 0 Å². The number of nitrogens with zero attached hydrogens (tertiary/aromatic N) is 1. The summed E-state index contributed by atoms with van der Waals surface area (Å²) in [6, 6.07) is 4.13. The standard InChI is InChI=1S/C19H24FN3O4/c1-11-6-14(4-5-15(11)20)21-16(24)13-7-12(2)23(8-13)18(26)17(25)22-19(3)9-27-10-19/h4-6,12-13H,7-10H2,1-3H3,(H,21,24)(H,22,25). The molecular weight excluding hydrogens is 353 g/mol. The molecular formula is C19H24FN3O4. The summed E-state index contributed by atoms with van der Waals surface area (Å²) in [5, 5.41) is 5.45. The maximum atomic E-state index is 13.3. The van der Waals surface area contributed by atoms with Crippen molar-refractivity contribution in [2.45, 2.75) is 38.8 Å². The molecule has 2 saturated heterocycles. The first-order valence-electron chi connectivity index (χ1n) is 8.96. The number of carbonyl (C=O) groups is 3. The number of hydrogen-bond acceptors (Lipinski definition) is 4. The zero-order chi connectivity index (χ0) is 19.8. The third-order valence-corrected chi connectivity index (χ3v) is 5.08. The Morgan fingerprint density at radius 3 is 2.59 bits per heavy atom. The van der Waals surface area contributed by atoms with Crippen molar-refractivity contribution in [3.05, 3.63) is 29.6 Å². The van der Waals surface area contributed by atoms with E-state index in [-0.39, 0.29) is 24.3 Å². The first kappa shape index (κ1) is 19.3. The second kappa shape index (κ2) is 7.26. The van der Waals surface area contributed by atoms with Crippen LogP contribution in [0.25, 0.3) is 0 Å². The van der Waals surface area contributed by atoms with Crippen LogP contribution in [0.4, 0.5) is 10.1 Å². The summed E-state index contributed by atoms with van der Waals surface area (Å²) in [5.74, 6) is -2.32. The Balaban J connectivity index is 1.59. The highest BCUT2D eigenvalue weighted by Gasteiger charge is 2.41. The third kappa shape index (κ3) is 4.10. The van der Waals surface area contributed by atoms with Gasteiger partial charge < -0.3 is 20.3 Å². The molecule has 0 radical (unpaired) electrons. The number of ether oxygens (including phenoxy) is 1. The van der Waals surface area contributed by atoms with Crippen molar-refractivity contribution in [2.75, 3.05) is 25.1 Å². The molecule has 0 bridgehead atoms. The summed E-state index contributed by atoms with van der Waals surface area (Å²) in [5.41, 5.74) is 0.439. The van der Waals surface area contributed by atoms with Crippen LogP contribution in [0, 0.1) is 18.7 Å². The highest BCUT2D eigenvalue weighted by Crippen LogP contribution is 2.25. The largest absolute Gasteiger partial charge is 0.376 e. The summed E-state index contributed by atoms with van der Waals surface area (Å²) in [7, 11) is 0. The molecule has 2 fully saturated rings. The summed E-state index contributed by atoms with van der Waals surface area (Å²) in [4.78, 5) is 38.7. The van der Waals surface area contributed by atoms with Gasteiger partial charge in [0.15, 0.2) is 0 Å². The van der Waals surface area contributed by atoms with Gasteiger partial charge in [0.25, 0.3) is 0 Å². The normalized spacial score (nSPS) is 23.5. The molecule has 2 heterocycles. The molecule has 146 valence electrons. The van der Waals surface area contributed by atoms with Crippen molar-refractivity contribution in [3.8, 4) is 0 Å². The molecule has 1 aromatic rings. The zero-order valence-corrected chi connectivity index (χ0v) is 15.7. The van der Waals surface area contributed by atoms with Crippen LogP contribution in [-0.2, 0) is 19.1 Å². The van der Waals surface area contributed by atoms with Crippen molar-refractivity contribution in [3.63, 3.8) is 0 Å². The fourth-order valence-corrected chi connectivity index (χ4v) is 3.41. The number of nitrogens with one attached hydrogen (secondary N) is 2. The van der Waals surface area contributed by atoms with Crippen molar-refractivity contribution in [1.82, 2.24) is 10.2 Å². The number of halogens is 1. The molecule has 7 nitrogen and oxygen atoms in total. The number of amides is 3. The summed E-state index contributed by atoms with van der Waals surface area (Å²) < 4.78 is 18.4. The SMILES string of the molecule is Cc1cc(NC(=O)C2CC(C)N(C(=O)C(=O)NC3(C)COC3)C2)ccc1F. The van der Waals surface area contributed by atoms with E-state index in [9.17, 15) is 18.8 Å². The maximum Gasteiger partial charge on any atom is 0.312 e. The summed E-state index contributed by atoms with van der Waals surface area (Å²) >= 11 is 0. The second-order valence-electron chi connectivity index (χ2n) is 7.70. The van der Waals surface area contributed by atoms with Crippen molar-refractivity contribution in [2.24, 2.45) is 5.92 Å². The fraction of sp³-hybridized carbons (Fsp3) is 0.526. The van der Waals surface area contributed by atoms with E-state index in [2.05, 4.69) is 10.6 Å². The quantitative estimate of drug-likeness (QED) is 0.776. The summed E-state index contributed by atoms with van der Waals surface area (Å²) in [6.45, 7) is 6.18. The number of aryl methyl sites for hydroxylation is 1. The van der Waals surface area contributed by atoms with Crippen LogP contribution in [-0.4, -0.2) is 54.0 Å². The number of anilines is 1. The van der Waals surface area contributed by atoms with Gasteiger partial charge in [0.2, 0.25) is 5.91 Å². The first-order chi connectivity index (χ1) is 12.7. The molecule has 2 atom stereocenters. The Morgan fingerprint density at radius 2 is 2.00 bits per heavy atom. The Hall–Kier alpha value is -2.48. The van der Waals surface area contributed by atoms with Crippen LogP contribution in [0.5, 0.6) is 0 Å². The van der Waals surface area contributed by atoms with E-state index < -0.39 is 23.3 Å². The van der Waals surface area contributed by atoms with Crippen molar-refractivity contribution >= 4 is 23.4 Å². The Bertz CT molecular complexity index is 778. The highest BCUT2D eigenvalue weighted by molar-refractivity contribution is 6.35. The lowest BCUT2D eigenvalue weighted by Gasteiger charge is -2.38. The fourth-order valence-electron chi connectivity index (χ4n) is 3.41. The minimum absolute atomic E-state index is 0.173. The molecule has 2 aliphatic rings. The molecule has 8 heteroatoms. The number of likely N-dealkylation sites (tertiary alicyclic amines) is 1. The zero-order valence-electron chi connectivity index (χ0n) is 15.7. The van der Waals surface area contributed by atoms with Crippen LogP contribution in [0.2, 0.25) is 0 Å². The van der Waals surface area contributed by atoms with Crippen LogP contribution >= 0.6 is 0 Å². The Labute approximate surface area is 157 Å². The van der Waals surface area contributed by atoms with Gasteiger partial charge in [-0.25, -0.2) is 4.39 Å². The third-order valence-electron chi connectivity index (χ3n) is 5.08. The lowest BCUT2D eigenvalue weighted by molar-refractivity contribution is -0.151. The molecule has 2 N–H and O–H groups in total. The molecule has 3 rings (SSSR count). The Kier molecular flexibility index (Phi) is 5.19. The van der Waals surface area contributed by atoms with Crippen LogP contribution < -0.4 is 10.6 Å². The number of rotatable bonds is 3. The second-order valence-corrected chi connectivity index (χ2v) is 7.70. The molecule has 0 spiro atoms. The van der Waals surface area contributed by atoms with E-state index in [0.29, 0.717) is 30.9 Å². The van der Waals surface area contributed by atoms with E-state index in [1.165, 1.54) is 17.0 Å². The first-order valence-corrected chi connectivity index (χ1v) is 8.96. The van der Waals surface area contributed by atoms with Gasteiger partial charge in [0.05, 0.1) is 24.7 Å². The van der Waals surface area contributed by atoms with Gasteiger partial charge in [-0.05, 0) is 51.0 Å². The minimum atomic E-state index is -0.678. The topological polar surface area (TPSA) is 87.7 Å². The van der Waals surface area contributed by atoms with Crippen molar-refractivity contribution < 1.29 is 23.5 Å². The molecule has 2 aliphatic heterocycles. The molecule has 27 heavy (non-hydrogen) atoms. The van der Waals surface area contributed by atoms with E-state index in [0.717, 1.165) is 0 Å². The van der Waals surface area contributed by atoms with Gasteiger partial charge >= 0.3 is 11.8 Å². The average Bonchev–Trinajstić information content (AvgIpc) is 2.98. The number of benzene rings is 1. The number of carbonyl (C=O) groups excluding carboxylic acids is 3. The predicted octanol–water partition coefficient (Wildman–Crippen LogP) is 1.21. The smallest absolute Gasteiger partial charge is 0.312 e. The van der Waals surface area contributed by atoms with Gasteiger partial charge in [-0.3, -0.25) is 14.4 Å². The molecule has 3 amide bonds. The predicted molar refractivity (Wildman–Crippen MR) is 96.4 cm³/mol. The van der Waals surface area contributed by atoms with Crippen LogP contribution in [0.15, 0.2) is 18.2 Å². The van der Waals surface area contributed by atoms with Crippen LogP contribution in [0.1, 0.15) is 25.8 Å². The van der Waals surface area contributed by atoms with Gasteiger partial charge in [-0.1, -0.05) is 0 Å². The Morgan fingerprint density at radius 1 is 1.30 bits per heavy atom. The summed E-state index contributed by atoms with van der Waals surface area (Å²) in [6.07, 6.45) is 0.464. The lowest BCUT2D eigenvalue weighted by atomic mass is 10.0. The number of hydrogen-bond donors (Lipinski definition) is 2. The van der Waals surface area contributed by atoms with E-state index in [1.807, 2.05) is 13.8 Å². The molecule has 0 aromatic heterocycles. The van der Waals surface area contributed by atoms with E-state index in [4.69, 9.17) is 4.74 Å².